The van der Waals surface area contributed by atoms with Crippen LogP contribution in [0.5, 0.6) is 0 Å². The lowest BCUT2D eigenvalue weighted by Gasteiger charge is -2.32. The molecule has 0 atom stereocenters. The van der Waals surface area contributed by atoms with Gasteiger partial charge in [0.2, 0.25) is 5.91 Å². The van der Waals surface area contributed by atoms with Gasteiger partial charge < -0.3 is 10.6 Å². The molecule has 0 radical (unpaired) electrons. The number of nitriles is 1. The number of benzene rings is 1. The van der Waals surface area contributed by atoms with Crippen molar-refractivity contribution in [1.29, 1.82) is 5.26 Å². The van der Waals surface area contributed by atoms with Crippen LogP contribution in [0.25, 0.3) is 0 Å². The van der Waals surface area contributed by atoms with Crippen LogP contribution >= 0.6 is 0 Å². The minimum atomic E-state index is -4.46. The van der Waals surface area contributed by atoms with Gasteiger partial charge >= 0.3 is 6.18 Å². The van der Waals surface area contributed by atoms with Crippen molar-refractivity contribution in [2.45, 2.75) is 50.4 Å². The van der Waals surface area contributed by atoms with Crippen LogP contribution in [0.2, 0.25) is 0 Å². The van der Waals surface area contributed by atoms with E-state index in [9.17, 15) is 28.0 Å². The third kappa shape index (κ3) is 7.38. The quantitative estimate of drug-likeness (QED) is 0.724. The highest BCUT2D eigenvalue weighted by Crippen LogP contribution is 2.27. The van der Waals surface area contributed by atoms with E-state index in [-0.39, 0.29) is 18.0 Å². The van der Waals surface area contributed by atoms with Crippen molar-refractivity contribution in [2.75, 3.05) is 20.1 Å². The van der Waals surface area contributed by atoms with Crippen molar-refractivity contribution in [3.63, 3.8) is 0 Å². The van der Waals surface area contributed by atoms with Crippen LogP contribution in [0.1, 0.15) is 48.0 Å². The van der Waals surface area contributed by atoms with Gasteiger partial charge in [0, 0.05) is 12.1 Å². The van der Waals surface area contributed by atoms with E-state index in [1.807, 2.05) is 5.32 Å². The van der Waals surface area contributed by atoms with Gasteiger partial charge in [-0.25, -0.2) is 0 Å². The molecule has 1 aliphatic rings. The van der Waals surface area contributed by atoms with Crippen LogP contribution in [-0.4, -0.2) is 48.6 Å². The van der Waals surface area contributed by atoms with Gasteiger partial charge in [-0.15, -0.1) is 0 Å². The van der Waals surface area contributed by atoms with Crippen LogP contribution in [0.15, 0.2) is 24.3 Å². The number of rotatable bonds is 7. The number of carbonyl (C=O) groups is 2. The maximum absolute atomic E-state index is 12.3. The summed E-state index contributed by atoms with van der Waals surface area (Å²) >= 11 is 0. The molecule has 0 unspecified atom stereocenters. The molecule has 1 aliphatic carbocycles. The molecule has 0 saturated heterocycles. The minimum absolute atomic E-state index is 0.108. The summed E-state index contributed by atoms with van der Waals surface area (Å²) in [5.41, 5.74) is 0.161. The molecule has 1 aromatic carbocycles. The first-order chi connectivity index (χ1) is 13.6. The molecule has 0 aromatic heterocycles. The summed E-state index contributed by atoms with van der Waals surface area (Å²) in [4.78, 5) is 25.8. The van der Waals surface area contributed by atoms with Gasteiger partial charge in [0.25, 0.3) is 5.91 Å². The molecule has 2 amide bonds. The van der Waals surface area contributed by atoms with Crippen LogP contribution in [0.4, 0.5) is 13.2 Å². The molecule has 6 nitrogen and oxygen atoms in total. The van der Waals surface area contributed by atoms with Crippen LogP contribution in [-0.2, 0) is 11.3 Å². The molecule has 1 aromatic rings. The van der Waals surface area contributed by atoms with Gasteiger partial charge in [-0.1, -0.05) is 31.4 Å². The lowest BCUT2D eigenvalue weighted by molar-refractivity contribution is -0.124. The highest BCUT2D eigenvalue weighted by molar-refractivity contribution is 5.94. The number of nitrogens with zero attached hydrogens (tertiary/aromatic N) is 2. The average molecular weight is 410 g/mol. The smallest absolute Gasteiger partial charge is 0.343 e. The standard InChI is InChI=1S/C20H25F3N4O2/c1-27(12-17(28)26-19(13-24)9-3-2-4-10-19)11-15-5-7-16(8-6-15)18(29)25-14-20(21,22)23/h5-8H,2-4,9-12,14H2,1H3,(H,25,29)(H,26,28). The predicted octanol–water partition coefficient (Wildman–Crippen LogP) is 2.75. The van der Waals surface area contributed by atoms with E-state index in [2.05, 4.69) is 11.4 Å². The molecule has 1 saturated carbocycles. The molecule has 0 bridgehead atoms. The monoisotopic (exact) mass is 410 g/mol. The Morgan fingerprint density at radius 1 is 1.17 bits per heavy atom. The Morgan fingerprint density at radius 2 is 1.79 bits per heavy atom. The maximum Gasteiger partial charge on any atom is 0.405 e. The fourth-order valence-electron chi connectivity index (χ4n) is 3.38. The number of carbonyl (C=O) groups excluding carboxylic acids is 2. The Hall–Kier alpha value is -2.60. The molecule has 0 heterocycles. The van der Waals surface area contributed by atoms with Crippen molar-refractivity contribution >= 4 is 11.8 Å². The van der Waals surface area contributed by atoms with Crippen molar-refractivity contribution in [1.82, 2.24) is 15.5 Å². The molecule has 2 N–H and O–H groups in total. The predicted molar refractivity (Wildman–Crippen MR) is 101 cm³/mol. The number of amides is 2. The Labute approximate surface area is 168 Å². The van der Waals surface area contributed by atoms with Gasteiger partial charge in [-0.3, -0.25) is 14.5 Å². The second-order valence-electron chi connectivity index (χ2n) is 7.47. The molecule has 9 heteroatoms. The van der Waals surface area contributed by atoms with E-state index in [0.29, 0.717) is 19.4 Å². The molecule has 0 aliphatic heterocycles. The zero-order valence-corrected chi connectivity index (χ0v) is 16.3. The normalized spacial score (nSPS) is 16.1. The van der Waals surface area contributed by atoms with Crippen molar-refractivity contribution in [3.05, 3.63) is 35.4 Å². The maximum atomic E-state index is 12.3. The number of hydrogen-bond acceptors (Lipinski definition) is 4. The van der Waals surface area contributed by atoms with Crippen LogP contribution in [0, 0.1) is 11.3 Å². The first-order valence-electron chi connectivity index (χ1n) is 9.47. The summed E-state index contributed by atoms with van der Waals surface area (Å²) < 4.78 is 36.5. The fourth-order valence-corrected chi connectivity index (χ4v) is 3.38. The van der Waals surface area contributed by atoms with Gasteiger partial charge in [-0.2, -0.15) is 18.4 Å². The second kappa shape index (κ2) is 9.74. The number of halogens is 3. The first kappa shape index (κ1) is 22.7. The van der Waals surface area contributed by atoms with Gasteiger partial charge in [0.15, 0.2) is 0 Å². The molecular weight excluding hydrogens is 385 g/mol. The van der Waals surface area contributed by atoms with E-state index in [1.165, 1.54) is 12.1 Å². The minimum Gasteiger partial charge on any atom is -0.343 e. The highest BCUT2D eigenvalue weighted by Gasteiger charge is 2.33. The zero-order valence-electron chi connectivity index (χ0n) is 16.3. The third-order valence-corrected chi connectivity index (χ3v) is 4.83. The van der Waals surface area contributed by atoms with Crippen LogP contribution in [0.3, 0.4) is 0 Å². The van der Waals surface area contributed by atoms with E-state index in [4.69, 9.17) is 0 Å². The largest absolute Gasteiger partial charge is 0.405 e. The summed E-state index contributed by atoms with van der Waals surface area (Å²) in [7, 11) is 1.75. The molecule has 1 fully saturated rings. The lowest BCUT2D eigenvalue weighted by atomic mass is 9.83. The van der Waals surface area contributed by atoms with Crippen molar-refractivity contribution in [2.24, 2.45) is 0 Å². The topological polar surface area (TPSA) is 85.2 Å². The Morgan fingerprint density at radius 3 is 2.34 bits per heavy atom. The number of hydrogen-bond donors (Lipinski definition) is 2. The number of nitrogens with one attached hydrogen (secondary N) is 2. The van der Waals surface area contributed by atoms with Crippen molar-refractivity contribution < 1.29 is 22.8 Å². The Balaban J connectivity index is 1.84. The SMILES string of the molecule is CN(CC(=O)NC1(C#N)CCCCC1)Cc1ccc(C(=O)NCC(F)(F)F)cc1. The first-order valence-corrected chi connectivity index (χ1v) is 9.47. The van der Waals surface area contributed by atoms with E-state index >= 15 is 0 Å². The zero-order chi connectivity index (χ0) is 21.5. The van der Waals surface area contributed by atoms with E-state index in [0.717, 1.165) is 24.8 Å². The molecule has 0 spiro atoms. The third-order valence-electron chi connectivity index (χ3n) is 4.83. The fraction of sp³-hybridized carbons (Fsp3) is 0.550. The molecule has 158 valence electrons. The molecular formula is C20H25F3N4O2. The Kier molecular flexibility index (Phi) is 7.62. The average Bonchev–Trinajstić information content (AvgIpc) is 2.66. The summed E-state index contributed by atoms with van der Waals surface area (Å²) in [5, 5.41) is 14.1. The molecule has 29 heavy (non-hydrogen) atoms. The van der Waals surface area contributed by atoms with Gasteiger partial charge in [0.1, 0.15) is 12.1 Å². The summed E-state index contributed by atoms with van der Waals surface area (Å²) in [5.74, 6) is -1.02. The lowest BCUT2D eigenvalue weighted by Crippen LogP contribution is -2.51. The summed E-state index contributed by atoms with van der Waals surface area (Å²) in [6, 6.07) is 8.41. The van der Waals surface area contributed by atoms with E-state index < -0.39 is 24.2 Å². The van der Waals surface area contributed by atoms with E-state index in [1.54, 1.807) is 24.1 Å². The molecule has 2 rings (SSSR count). The summed E-state index contributed by atoms with van der Waals surface area (Å²) in [6.07, 6.45) is -0.211. The number of likely N-dealkylation sites (N-methyl/N-ethyl adjacent to an activating group) is 1. The summed E-state index contributed by atoms with van der Waals surface area (Å²) in [6.45, 7) is -0.857. The van der Waals surface area contributed by atoms with Crippen molar-refractivity contribution in [3.8, 4) is 6.07 Å². The van der Waals surface area contributed by atoms with Gasteiger partial charge in [-0.05, 0) is 37.6 Å². The number of alkyl halides is 3. The second-order valence-corrected chi connectivity index (χ2v) is 7.47. The van der Waals surface area contributed by atoms with Gasteiger partial charge in [0.05, 0.1) is 12.6 Å². The van der Waals surface area contributed by atoms with Crippen LogP contribution < -0.4 is 10.6 Å². The highest BCUT2D eigenvalue weighted by atomic mass is 19.4. The Bertz CT molecular complexity index is 750.